The average molecular weight is 375 g/mol. The highest BCUT2D eigenvalue weighted by Gasteiger charge is 2.39. The van der Waals surface area contributed by atoms with E-state index >= 15 is 0 Å². The van der Waals surface area contributed by atoms with E-state index in [1.54, 1.807) is 0 Å². The van der Waals surface area contributed by atoms with Crippen molar-refractivity contribution in [3.63, 3.8) is 0 Å². The highest BCUT2D eigenvalue weighted by Crippen LogP contribution is 2.19. The molecule has 26 heavy (non-hydrogen) atoms. The predicted molar refractivity (Wildman–Crippen MR) is 104 cm³/mol. The maximum absolute atomic E-state index is 9.98. The fourth-order valence-corrected chi connectivity index (χ4v) is 3.56. The van der Waals surface area contributed by atoms with Crippen LogP contribution in [-0.2, 0) is 9.47 Å². The van der Waals surface area contributed by atoms with Crippen molar-refractivity contribution in [2.75, 3.05) is 19.8 Å². The molecule has 4 atom stereocenters. The monoisotopic (exact) mass is 374 g/mol. The fraction of sp³-hybridized carbons (Fsp3) is 1.00. The third kappa shape index (κ3) is 10.2. The van der Waals surface area contributed by atoms with Gasteiger partial charge in [-0.15, -0.1) is 0 Å². The number of rotatable bonds is 16. The third-order valence-electron chi connectivity index (χ3n) is 5.32. The van der Waals surface area contributed by atoms with Crippen LogP contribution in [0.1, 0.15) is 90.4 Å². The lowest BCUT2D eigenvalue weighted by molar-refractivity contribution is -0.211. The molecular weight excluding hydrogens is 332 g/mol. The van der Waals surface area contributed by atoms with E-state index in [0.717, 1.165) is 12.8 Å². The molecule has 0 spiro atoms. The van der Waals surface area contributed by atoms with Crippen LogP contribution in [0.2, 0.25) is 0 Å². The Morgan fingerprint density at radius 1 is 0.808 bits per heavy atom. The summed E-state index contributed by atoms with van der Waals surface area (Å²) in [6, 6.07) is 0. The van der Waals surface area contributed by atoms with Crippen LogP contribution in [0.5, 0.6) is 0 Å². The van der Waals surface area contributed by atoms with Gasteiger partial charge in [-0.05, 0) is 6.42 Å². The Balaban J connectivity index is 1.90. The van der Waals surface area contributed by atoms with Gasteiger partial charge in [0, 0.05) is 6.61 Å². The molecule has 0 aliphatic carbocycles. The summed E-state index contributed by atoms with van der Waals surface area (Å²) >= 11 is 0. The highest BCUT2D eigenvalue weighted by molar-refractivity contribution is 4.87. The third-order valence-corrected chi connectivity index (χ3v) is 5.32. The van der Waals surface area contributed by atoms with Crippen molar-refractivity contribution in [1.82, 2.24) is 0 Å². The van der Waals surface area contributed by atoms with Gasteiger partial charge >= 0.3 is 0 Å². The topological polar surface area (TPSA) is 79.2 Å². The maximum Gasteiger partial charge on any atom is 0.114 e. The molecule has 1 rings (SSSR count). The molecule has 1 heterocycles. The molecule has 5 heteroatoms. The van der Waals surface area contributed by atoms with E-state index in [0.29, 0.717) is 6.61 Å². The summed E-state index contributed by atoms with van der Waals surface area (Å²) in [6.45, 7) is 2.64. The first-order valence-corrected chi connectivity index (χ1v) is 10.9. The van der Waals surface area contributed by atoms with Crippen LogP contribution in [0.25, 0.3) is 0 Å². The molecule has 3 N–H and O–H groups in total. The van der Waals surface area contributed by atoms with Crippen molar-refractivity contribution < 1.29 is 24.8 Å². The van der Waals surface area contributed by atoms with Crippen LogP contribution < -0.4 is 0 Å². The zero-order chi connectivity index (χ0) is 19.0. The lowest BCUT2D eigenvalue weighted by Gasteiger charge is -2.37. The zero-order valence-electron chi connectivity index (χ0n) is 16.8. The number of aliphatic hydroxyl groups is 3. The molecule has 1 fully saturated rings. The SMILES string of the molecule is CCCCCCCCCCCCCCCO[C@@H]1[C@@H](O)[C@H](O)CO[C@H]1CO. The smallest absolute Gasteiger partial charge is 0.114 e. The van der Waals surface area contributed by atoms with E-state index in [2.05, 4.69) is 6.92 Å². The van der Waals surface area contributed by atoms with Gasteiger partial charge in [0.15, 0.2) is 0 Å². The molecule has 1 aliphatic heterocycles. The van der Waals surface area contributed by atoms with Crippen molar-refractivity contribution in [3.05, 3.63) is 0 Å². The Bertz CT molecular complexity index is 311. The van der Waals surface area contributed by atoms with Gasteiger partial charge in [0.2, 0.25) is 0 Å². The van der Waals surface area contributed by atoms with Gasteiger partial charge in [0.1, 0.15) is 24.4 Å². The van der Waals surface area contributed by atoms with Crippen LogP contribution in [0.4, 0.5) is 0 Å². The van der Waals surface area contributed by atoms with Gasteiger partial charge in [-0.2, -0.15) is 0 Å². The Morgan fingerprint density at radius 3 is 1.81 bits per heavy atom. The van der Waals surface area contributed by atoms with Crippen LogP contribution in [0.15, 0.2) is 0 Å². The summed E-state index contributed by atoms with van der Waals surface area (Å²) in [5.74, 6) is 0. The Kier molecular flexibility index (Phi) is 14.5. The Hall–Kier alpha value is -0.200. The molecule has 0 bridgehead atoms. The molecule has 0 unspecified atom stereocenters. The van der Waals surface area contributed by atoms with E-state index in [1.165, 1.54) is 70.6 Å². The molecule has 0 aromatic rings. The number of ether oxygens (including phenoxy) is 2. The first kappa shape index (κ1) is 23.8. The lowest BCUT2D eigenvalue weighted by Crippen LogP contribution is -2.55. The molecule has 5 nitrogen and oxygen atoms in total. The summed E-state index contributed by atoms with van der Waals surface area (Å²) < 4.78 is 11.0. The van der Waals surface area contributed by atoms with E-state index in [1.807, 2.05) is 0 Å². The molecule has 0 amide bonds. The Labute approximate surface area is 160 Å². The lowest BCUT2D eigenvalue weighted by atomic mass is 10.0. The van der Waals surface area contributed by atoms with Crippen molar-refractivity contribution in [2.45, 2.75) is 115 Å². The van der Waals surface area contributed by atoms with Gasteiger partial charge in [-0.1, -0.05) is 84.0 Å². The second-order valence-corrected chi connectivity index (χ2v) is 7.69. The van der Waals surface area contributed by atoms with Crippen molar-refractivity contribution in [1.29, 1.82) is 0 Å². The van der Waals surface area contributed by atoms with E-state index in [9.17, 15) is 15.3 Å². The molecule has 0 radical (unpaired) electrons. The van der Waals surface area contributed by atoms with Gasteiger partial charge in [0.05, 0.1) is 13.2 Å². The average Bonchev–Trinajstić information content (AvgIpc) is 2.65. The number of hydrogen-bond acceptors (Lipinski definition) is 5. The maximum atomic E-state index is 9.98. The predicted octanol–water partition coefficient (Wildman–Crippen LogP) is 3.58. The van der Waals surface area contributed by atoms with Crippen LogP contribution in [0.3, 0.4) is 0 Å². The van der Waals surface area contributed by atoms with Crippen molar-refractivity contribution in [2.24, 2.45) is 0 Å². The minimum atomic E-state index is -0.983. The second-order valence-electron chi connectivity index (χ2n) is 7.69. The number of unbranched alkanes of at least 4 members (excludes halogenated alkanes) is 12. The molecule has 1 aliphatic rings. The number of aliphatic hydroxyl groups excluding tert-OH is 3. The van der Waals surface area contributed by atoms with Crippen LogP contribution in [-0.4, -0.2) is 59.6 Å². The summed E-state index contributed by atoms with van der Waals surface area (Å²) in [5.41, 5.74) is 0. The molecular formula is C21H42O5. The summed E-state index contributed by atoms with van der Waals surface area (Å²) in [4.78, 5) is 0. The number of hydrogen-bond donors (Lipinski definition) is 3. The summed E-state index contributed by atoms with van der Waals surface area (Å²) in [5, 5.41) is 28.9. The standard InChI is InChI=1S/C21H42O5/c1-2-3-4-5-6-7-8-9-10-11-12-13-14-15-25-21-19(16-22)26-17-18(23)20(21)24/h18-24H,2-17H2,1H3/t18-,19+,20+,21+/m1/s1. The van der Waals surface area contributed by atoms with Crippen molar-refractivity contribution in [3.8, 4) is 0 Å². The van der Waals surface area contributed by atoms with Gasteiger partial charge < -0.3 is 24.8 Å². The van der Waals surface area contributed by atoms with Gasteiger partial charge in [0.25, 0.3) is 0 Å². The molecule has 156 valence electrons. The molecule has 0 aromatic carbocycles. The van der Waals surface area contributed by atoms with Crippen LogP contribution in [0, 0.1) is 0 Å². The van der Waals surface area contributed by atoms with Gasteiger partial charge in [-0.25, -0.2) is 0 Å². The summed E-state index contributed by atoms with van der Waals surface area (Å²) in [7, 11) is 0. The van der Waals surface area contributed by atoms with E-state index in [-0.39, 0.29) is 13.2 Å². The quantitative estimate of drug-likeness (QED) is 0.360. The minimum Gasteiger partial charge on any atom is -0.394 e. The van der Waals surface area contributed by atoms with Crippen molar-refractivity contribution >= 4 is 0 Å². The fourth-order valence-electron chi connectivity index (χ4n) is 3.56. The summed E-state index contributed by atoms with van der Waals surface area (Å²) in [6.07, 6.45) is 13.8. The highest BCUT2D eigenvalue weighted by atomic mass is 16.6. The minimum absolute atomic E-state index is 0.0466. The van der Waals surface area contributed by atoms with E-state index < -0.39 is 24.4 Å². The van der Waals surface area contributed by atoms with E-state index in [4.69, 9.17) is 9.47 Å². The molecule has 0 aromatic heterocycles. The molecule has 0 saturated carbocycles. The normalized spacial score (nSPS) is 26.3. The largest absolute Gasteiger partial charge is 0.394 e. The zero-order valence-corrected chi connectivity index (χ0v) is 16.8. The van der Waals surface area contributed by atoms with Crippen LogP contribution >= 0.6 is 0 Å². The van der Waals surface area contributed by atoms with Gasteiger partial charge in [-0.3, -0.25) is 0 Å². The first-order valence-electron chi connectivity index (χ1n) is 10.9. The second kappa shape index (κ2) is 15.8. The Morgan fingerprint density at radius 2 is 1.31 bits per heavy atom. The first-order chi connectivity index (χ1) is 12.7. The molecule has 1 saturated heterocycles.